The molecular weight excluding hydrogens is 189 g/mol. The molecule has 5 heteroatoms. The molecule has 74 valence electrons. The summed E-state index contributed by atoms with van der Waals surface area (Å²) in [6.07, 6.45) is 0.478. The lowest BCUT2D eigenvalue weighted by Crippen LogP contribution is -2.03. The summed E-state index contributed by atoms with van der Waals surface area (Å²) in [5, 5.41) is 10.5. The number of carbonyl (C=O) groups excluding carboxylic acids is 1. The molecule has 0 bridgehead atoms. The van der Waals surface area contributed by atoms with E-state index in [0.717, 1.165) is 6.07 Å². The van der Waals surface area contributed by atoms with Gasteiger partial charge in [-0.2, -0.15) is 0 Å². The van der Waals surface area contributed by atoms with Crippen molar-refractivity contribution in [3.05, 3.63) is 39.7 Å². The first kappa shape index (κ1) is 10.3. The Morgan fingerprint density at radius 3 is 2.71 bits per heavy atom. The van der Waals surface area contributed by atoms with Gasteiger partial charge in [-0.1, -0.05) is 13.0 Å². The van der Waals surface area contributed by atoms with Gasteiger partial charge in [0.1, 0.15) is 12.1 Å². The Morgan fingerprint density at radius 2 is 2.21 bits per heavy atom. The van der Waals surface area contributed by atoms with Gasteiger partial charge < -0.3 is 4.79 Å². The first-order valence-corrected chi connectivity index (χ1v) is 3.96. The van der Waals surface area contributed by atoms with Gasteiger partial charge in [0.2, 0.25) is 0 Å². The summed E-state index contributed by atoms with van der Waals surface area (Å²) in [7, 11) is 0. The van der Waals surface area contributed by atoms with Gasteiger partial charge in [0.15, 0.2) is 0 Å². The van der Waals surface area contributed by atoms with Gasteiger partial charge in [0, 0.05) is 12.0 Å². The Hall–Kier alpha value is -1.78. The number of rotatable bonds is 3. The minimum atomic E-state index is -0.809. The van der Waals surface area contributed by atoms with Crippen LogP contribution in [0.5, 0.6) is 0 Å². The molecule has 1 unspecified atom stereocenters. The highest BCUT2D eigenvalue weighted by Gasteiger charge is 2.22. The van der Waals surface area contributed by atoms with Crippen LogP contribution in [0.15, 0.2) is 18.2 Å². The zero-order valence-electron chi connectivity index (χ0n) is 7.44. The summed E-state index contributed by atoms with van der Waals surface area (Å²) in [5.74, 6) is -1.53. The highest BCUT2D eigenvalue weighted by molar-refractivity contribution is 5.65. The standard InChI is InChI=1S/C9H8FNO3/c1-6(5-12)9-7(10)3-2-4-8(9)11(13)14/h2-6H,1H3. The number of hydrogen-bond donors (Lipinski definition) is 0. The largest absolute Gasteiger partial charge is 0.303 e. The van der Waals surface area contributed by atoms with E-state index in [2.05, 4.69) is 0 Å². The van der Waals surface area contributed by atoms with Crippen molar-refractivity contribution in [3.63, 3.8) is 0 Å². The minimum absolute atomic E-state index is 0.160. The molecule has 0 amide bonds. The third-order valence-corrected chi connectivity index (χ3v) is 1.89. The fourth-order valence-corrected chi connectivity index (χ4v) is 1.20. The molecule has 1 rings (SSSR count). The fourth-order valence-electron chi connectivity index (χ4n) is 1.20. The van der Waals surface area contributed by atoms with Gasteiger partial charge in [-0.3, -0.25) is 10.1 Å². The second kappa shape index (κ2) is 3.95. The van der Waals surface area contributed by atoms with Crippen LogP contribution in [0.1, 0.15) is 18.4 Å². The third kappa shape index (κ3) is 1.76. The van der Waals surface area contributed by atoms with E-state index in [1.54, 1.807) is 0 Å². The Labute approximate surface area is 79.5 Å². The van der Waals surface area contributed by atoms with Crippen LogP contribution in [0, 0.1) is 15.9 Å². The van der Waals surface area contributed by atoms with E-state index >= 15 is 0 Å². The van der Waals surface area contributed by atoms with Crippen LogP contribution in [0.4, 0.5) is 10.1 Å². The Morgan fingerprint density at radius 1 is 1.57 bits per heavy atom. The highest BCUT2D eigenvalue weighted by Crippen LogP contribution is 2.27. The van der Waals surface area contributed by atoms with Gasteiger partial charge in [0.05, 0.1) is 10.5 Å². The monoisotopic (exact) mass is 197 g/mol. The lowest BCUT2D eigenvalue weighted by Gasteiger charge is -2.05. The quantitative estimate of drug-likeness (QED) is 0.423. The molecular formula is C9H8FNO3. The van der Waals surface area contributed by atoms with Gasteiger partial charge in [-0.25, -0.2) is 4.39 Å². The molecule has 4 nitrogen and oxygen atoms in total. The predicted octanol–water partition coefficient (Wildman–Crippen LogP) is 2.04. The van der Waals surface area contributed by atoms with Crippen molar-refractivity contribution in [2.24, 2.45) is 0 Å². The topological polar surface area (TPSA) is 60.2 Å². The highest BCUT2D eigenvalue weighted by atomic mass is 19.1. The van der Waals surface area contributed by atoms with Crippen molar-refractivity contribution in [2.45, 2.75) is 12.8 Å². The summed E-state index contributed by atoms with van der Waals surface area (Å²) < 4.78 is 13.2. The van der Waals surface area contributed by atoms with Gasteiger partial charge in [-0.15, -0.1) is 0 Å². The van der Waals surface area contributed by atoms with Crippen molar-refractivity contribution < 1.29 is 14.1 Å². The maximum atomic E-state index is 13.2. The fraction of sp³-hybridized carbons (Fsp3) is 0.222. The van der Waals surface area contributed by atoms with Crippen molar-refractivity contribution in [1.29, 1.82) is 0 Å². The lowest BCUT2D eigenvalue weighted by molar-refractivity contribution is -0.385. The van der Waals surface area contributed by atoms with Crippen LogP contribution < -0.4 is 0 Å². The number of nitro groups is 1. The van der Waals surface area contributed by atoms with Crippen LogP contribution in [-0.4, -0.2) is 11.2 Å². The molecule has 0 saturated carbocycles. The maximum Gasteiger partial charge on any atom is 0.276 e. The summed E-state index contributed by atoms with van der Waals surface area (Å²) in [5.41, 5.74) is -0.517. The van der Waals surface area contributed by atoms with E-state index < -0.39 is 16.7 Å². The van der Waals surface area contributed by atoms with E-state index in [1.807, 2.05) is 0 Å². The number of halogens is 1. The summed E-state index contributed by atoms with van der Waals surface area (Å²) in [6.45, 7) is 1.42. The number of nitro benzene ring substituents is 1. The Bertz CT molecular complexity index is 378. The molecule has 1 aromatic rings. The van der Waals surface area contributed by atoms with Gasteiger partial charge >= 0.3 is 0 Å². The lowest BCUT2D eigenvalue weighted by atomic mass is 10.0. The van der Waals surface area contributed by atoms with Crippen molar-refractivity contribution >= 4 is 12.0 Å². The van der Waals surface area contributed by atoms with Crippen molar-refractivity contribution in [2.75, 3.05) is 0 Å². The van der Waals surface area contributed by atoms with E-state index in [9.17, 15) is 19.3 Å². The third-order valence-electron chi connectivity index (χ3n) is 1.89. The average molecular weight is 197 g/mol. The predicted molar refractivity (Wildman–Crippen MR) is 47.5 cm³/mol. The molecule has 0 N–H and O–H groups in total. The SMILES string of the molecule is CC(C=O)c1c(F)cccc1[N+](=O)[O-]. The zero-order chi connectivity index (χ0) is 10.7. The van der Waals surface area contributed by atoms with Crippen LogP contribution >= 0.6 is 0 Å². The second-order valence-corrected chi connectivity index (χ2v) is 2.85. The number of nitrogens with zero attached hydrogens (tertiary/aromatic N) is 1. The normalized spacial score (nSPS) is 12.1. The first-order chi connectivity index (χ1) is 6.57. The average Bonchev–Trinajstić information content (AvgIpc) is 2.16. The minimum Gasteiger partial charge on any atom is -0.303 e. The van der Waals surface area contributed by atoms with Crippen LogP contribution in [0.2, 0.25) is 0 Å². The summed E-state index contributed by atoms with van der Waals surface area (Å²) in [6, 6.07) is 3.52. The molecule has 1 aromatic carbocycles. The smallest absolute Gasteiger partial charge is 0.276 e. The molecule has 0 saturated heterocycles. The molecule has 0 fully saturated rings. The van der Waals surface area contributed by atoms with E-state index in [1.165, 1.54) is 19.1 Å². The summed E-state index contributed by atoms with van der Waals surface area (Å²) >= 11 is 0. The molecule has 0 heterocycles. The molecule has 0 aliphatic heterocycles. The summed E-state index contributed by atoms with van der Waals surface area (Å²) in [4.78, 5) is 20.3. The van der Waals surface area contributed by atoms with Gasteiger partial charge in [-0.05, 0) is 6.07 Å². The second-order valence-electron chi connectivity index (χ2n) is 2.85. The van der Waals surface area contributed by atoms with Crippen molar-refractivity contribution in [3.8, 4) is 0 Å². The molecule has 0 aliphatic carbocycles. The molecule has 14 heavy (non-hydrogen) atoms. The molecule has 0 spiro atoms. The number of hydrogen-bond acceptors (Lipinski definition) is 3. The number of carbonyl (C=O) groups is 1. The Balaban J connectivity index is 3.36. The Kier molecular flexibility index (Phi) is 2.91. The molecule has 1 atom stereocenters. The van der Waals surface area contributed by atoms with Crippen LogP contribution in [0.3, 0.4) is 0 Å². The van der Waals surface area contributed by atoms with E-state index in [0.29, 0.717) is 6.29 Å². The maximum absolute atomic E-state index is 13.2. The zero-order valence-corrected chi connectivity index (χ0v) is 7.44. The van der Waals surface area contributed by atoms with Crippen LogP contribution in [0.25, 0.3) is 0 Å². The molecule has 0 aromatic heterocycles. The van der Waals surface area contributed by atoms with Crippen molar-refractivity contribution in [1.82, 2.24) is 0 Å². The van der Waals surface area contributed by atoms with Crippen LogP contribution in [-0.2, 0) is 4.79 Å². The molecule has 0 radical (unpaired) electrons. The van der Waals surface area contributed by atoms with Gasteiger partial charge in [0.25, 0.3) is 5.69 Å². The molecule has 0 aliphatic rings. The van der Waals surface area contributed by atoms with E-state index in [-0.39, 0.29) is 11.3 Å². The number of benzene rings is 1. The first-order valence-electron chi connectivity index (χ1n) is 3.96. The van der Waals surface area contributed by atoms with E-state index in [4.69, 9.17) is 0 Å². The number of aldehydes is 1.